The van der Waals surface area contributed by atoms with Crippen LogP contribution in [-0.2, 0) is 4.74 Å². The largest absolute Gasteiger partial charge is 0.381 e. The van der Waals surface area contributed by atoms with Crippen molar-refractivity contribution in [1.29, 1.82) is 0 Å². The standard InChI is InChI=1S/C6H12.C4H8O/c1-5-6(2,3)4;1-2-4-5-3-1/h5H,1H2,2-4H3;1-4H2. The van der Waals surface area contributed by atoms with E-state index in [4.69, 9.17) is 4.74 Å². The van der Waals surface area contributed by atoms with Gasteiger partial charge in [0.1, 0.15) is 0 Å². The Bertz CT molecular complexity index is 88.3. The van der Waals surface area contributed by atoms with E-state index in [-0.39, 0.29) is 0 Å². The normalized spacial score (nSPS) is 17.0. The lowest BCUT2D eigenvalue weighted by Gasteiger charge is -2.08. The SMILES string of the molecule is C1CCOC1.C=CC(C)(C)C. The first-order chi connectivity index (χ1) is 5.06. The van der Waals surface area contributed by atoms with Crippen molar-refractivity contribution in [3.8, 4) is 0 Å². The van der Waals surface area contributed by atoms with Gasteiger partial charge in [0.2, 0.25) is 0 Å². The van der Waals surface area contributed by atoms with E-state index < -0.39 is 0 Å². The summed E-state index contributed by atoms with van der Waals surface area (Å²) in [6.07, 6.45) is 4.49. The monoisotopic (exact) mass is 156 g/mol. The Hall–Kier alpha value is -0.300. The number of ether oxygens (including phenoxy) is 1. The highest BCUT2D eigenvalue weighted by molar-refractivity contribution is 4.82. The molecule has 0 atom stereocenters. The van der Waals surface area contributed by atoms with Crippen LogP contribution in [0.3, 0.4) is 0 Å². The van der Waals surface area contributed by atoms with Crippen LogP contribution in [0.2, 0.25) is 0 Å². The summed E-state index contributed by atoms with van der Waals surface area (Å²) in [5.74, 6) is 0. The van der Waals surface area contributed by atoms with Crippen LogP contribution in [0, 0.1) is 5.41 Å². The summed E-state index contributed by atoms with van der Waals surface area (Å²) in [7, 11) is 0. The first-order valence-electron chi connectivity index (χ1n) is 4.27. The molecule has 11 heavy (non-hydrogen) atoms. The molecule has 0 aromatic rings. The van der Waals surface area contributed by atoms with E-state index in [1.54, 1.807) is 0 Å². The van der Waals surface area contributed by atoms with Crippen molar-refractivity contribution in [1.82, 2.24) is 0 Å². The summed E-state index contributed by atoms with van der Waals surface area (Å²) >= 11 is 0. The zero-order chi connectivity index (χ0) is 8.74. The molecule has 0 unspecified atom stereocenters. The molecule has 0 saturated carbocycles. The maximum Gasteiger partial charge on any atom is 0.0466 e. The van der Waals surface area contributed by atoms with E-state index in [1.165, 1.54) is 12.8 Å². The van der Waals surface area contributed by atoms with E-state index in [9.17, 15) is 0 Å². The van der Waals surface area contributed by atoms with Gasteiger partial charge in [0, 0.05) is 13.2 Å². The summed E-state index contributed by atoms with van der Waals surface area (Å²) in [6, 6.07) is 0. The van der Waals surface area contributed by atoms with E-state index in [2.05, 4.69) is 27.4 Å². The molecule has 66 valence electrons. The molecular formula is C10H20O. The molecule has 0 N–H and O–H groups in total. The average Bonchev–Trinajstić information content (AvgIpc) is 2.41. The van der Waals surface area contributed by atoms with Crippen LogP contribution in [0.4, 0.5) is 0 Å². The Morgan fingerprint density at radius 1 is 1.18 bits per heavy atom. The Kier molecular flexibility index (Phi) is 5.22. The summed E-state index contributed by atoms with van der Waals surface area (Å²) in [5.41, 5.74) is 0.306. The quantitative estimate of drug-likeness (QED) is 0.490. The fourth-order valence-corrected chi connectivity index (χ4v) is 0.510. The van der Waals surface area contributed by atoms with Crippen LogP contribution in [0.25, 0.3) is 0 Å². The summed E-state index contributed by atoms with van der Waals surface area (Å²) < 4.78 is 4.94. The lowest BCUT2D eigenvalue weighted by molar-refractivity contribution is 0.198. The highest BCUT2D eigenvalue weighted by atomic mass is 16.5. The lowest BCUT2D eigenvalue weighted by atomic mass is 9.98. The van der Waals surface area contributed by atoms with Crippen molar-refractivity contribution in [3.05, 3.63) is 12.7 Å². The van der Waals surface area contributed by atoms with Crippen LogP contribution in [0.15, 0.2) is 12.7 Å². The molecule has 1 rings (SSSR count). The van der Waals surface area contributed by atoms with Crippen LogP contribution in [0.1, 0.15) is 33.6 Å². The summed E-state index contributed by atoms with van der Waals surface area (Å²) in [4.78, 5) is 0. The van der Waals surface area contributed by atoms with Crippen molar-refractivity contribution in [2.45, 2.75) is 33.6 Å². The topological polar surface area (TPSA) is 9.23 Å². The molecule has 0 aromatic heterocycles. The van der Waals surface area contributed by atoms with Gasteiger partial charge < -0.3 is 4.74 Å². The zero-order valence-corrected chi connectivity index (χ0v) is 8.02. The molecule has 1 fully saturated rings. The minimum atomic E-state index is 0.306. The minimum absolute atomic E-state index is 0.306. The van der Waals surface area contributed by atoms with Gasteiger partial charge in [0.15, 0.2) is 0 Å². The van der Waals surface area contributed by atoms with E-state index in [0.29, 0.717) is 5.41 Å². The first kappa shape index (κ1) is 10.7. The molecule has 0 radical (unpaired) electrons. The molecule has 1 aliphatic rings. The number of hydrogen-bond acceptors (Lipinski definition) is 1. The molecule has 0 amide bonds. The predicted molar refractivity (Wildman–Crippen MR) is 49.7 cm³/mol. The van der Waals surface area contributed by atoms with Crippen molar-refractivity contribution in [2.75, 3.05) is 13.2 Å². The molecule has 1 heterocycles. The second kappa shape index (κ2) is 5.36. The molecule has 1 nitrogen and oxygen atoms in total. The van der Waals surface area contributed by atoms with Crippen molar-refractivity contribution in [2.24, 2.45) is 5.41 Å². The predicted octanol–water partition coefficient (Wildman–Crippen LogP) is 3.02. The van der Waals surface area contributed by atoms with Gasteiger partial charge in [-0.05, 0) is 18.3 Å². The number of hydrogen-bond donors (Lipinski definition) is 0. The smallest absolute Gasteiger partial charge is 0.0466 e. The lowest BCUT2D eigenvalue weighted by Crippen LogP contribution is -1.96. The van der Waals surface area contributed by atoms with Crippen LogP contribution in [-0.4, -0.2) is 13.2 Å². The Labute approximate surface area is 70.4 Å². The number of rotatable bonds is 0. The molecule has 0 aromatic carbocycles. The van der Waals surface area contributed by atoms with Gasteiger partial charge in [0.05, 0.1) is 0 Å². The maximum absolute atomic E-state index is 4.94. The minimum Gasteiger partial charge on any atom is -0.381 e. The third-order valence-electron chi connectivity index (χ3n) is 1.44. The molecule has 0 aliphatic carbocycles. The van der Waals surface area contributed by atoms with Crippen molar-refractivity contribution < 1.29 is 4.74 Å². The average molecular weight is 156 g/mol. The van der Waals surface area contributed by atoms with Gasteiger partial charge in [0.25, 0.3) is 0 Å². The highest BCUT2D eigenvalue weighted by Gasteiger charge is 1.99. The van der Waals surface area contributed by atoms with Crippen LogP contribution >= 0.6 is 0 Å². The van der Waals surface area contributed by atoms with Gasteiger partial charge in [-0.15, -0.1) is 6.58 Å². The van der Waals surface area contributed by atoms with Gasteiger partial charge >= 0.3 is 0 Å². The van der Waals surface area contributed by atoms with E-state index >= 15 is 0 Å². The highest BCUT2D eigenvalue weighted by Crippen LogP contribution is 2.11. The van der Waals surface area contributed by atoms with Gasteiger partial charge in [-0.3, -0.25) is 0 Å². The van der Waals surface area contributed by atoms with E-state index in [1.807, 2.05) is 6.08 Å². The molecule has 1 aliphatic heterocycles. The number of allylic oxidation sites excluding steroid dienone is 1. The molecule has 1 heteroatoms. The Morgan fingerprint density at radius 3 is 1.64 bits per heavy atom. The molecule has 0 bridgehead atoms. The van der Waals surface area contributed by atoms with Crippen LogP contribution in [0.5, 0.6) is 0 Å². The second-order valence-electron chi connectivity index (χ2n) is 3.89. The van der Waals surface area contributed by atoms with E-state index in [0.717, 1.165) is 13.2 Å². The summed E-state index contributed by atoms with van der Waals surface area (Å²) in [5, 5.41) is 0. The van der Waals surface area contributed by atoms with Gasteiger partial charge in [-0.2, -0.15) is 0 Å². The maximum atomic E-state index is 4.94. The molecule has 1 saturated heterocycles. The Morgan fingerprint density at radius 2 is 1.55 bits per heavy atom. The third kappa shape index (κ3) is 9.70. The van der Waals surface area contributed by atoms with Crippen LogP contribution < -0.4 is 0 Å². The molecular weight excluding hydrogens is 136 g/mol. The van der Waals surface area contributed by atoms with Crippen molar-refractivity contribution in [3.63, 3.8) is 0 Å². The second-order valence-corrected chi connectivity index (χ2v) is 3.89. The first-order valence-corrected chi connectivity index (χ1v) is 4.27. The summed E-state index contributed by atoms with van der Waals surface area (Å²) in [6.45, 7) is 12.0. The molecule has 0 spiro atoms. The van der Waals surface area contributed by atoms with Gasteiger partial charge in [-0.1, -0.05) is 26.8 Å². The Balaban J connectivity index is 0.000000183. The third-order valence-corrected chi connectivity index (χ3v) is 1.44. The zero-order valence-electron chi connectivity index (χ0n) is 8.02. The fraction of sp³-hybridized carbons (Fsp3) is 0.800. The van der Waals surface area contributed by atoms with Gasteiger partial charge in [-0.25, -0.2) is 0 Å². The van der Waals surface area contributed by atoms with Crippen molar-refractivity contribution >= 4 is 0 Å². The fourth-order valence-electron chi connectivity index (χ4n) is 0.510.